The summed E-state index contributed by atoms with van der Waals surface area (Å²) in [5.41, 5.74) is 9.18. The quantitative estimate of drug-likeness (QED) is 0.537. The van der Waals surface area contributed by atoms with Gasteiger partial charge < -0.3 is 0 Å². The van der Waals surface area contributed by atoms with Gasteiger partial charge in [0, 0.05) is 0 Å². The summed E-state index contributed by atoms with van der Waals surface area (Å²) in [5, 5.41) is 0. The average Bonchev–Trinajstić information content (AvgIpc) is 2.56. The number of hydrogen-bond donors (Lipinski definition) is 0. The van der Waals surface area contributed by atoms with Gasteiger partial charge in [-0.3, -0.25) is 0 Å². The second-order valence-electron chi connectivity index (χ2n) is 5.95. The minimum absolute atomic E-state index is 1.09. The molecule has 0 amide bonds. The lowest BCUT2D eigenvalue weighted by molar-refractivity contribution is 1.14. The molecule has 0 aliphatic rings. The van der Waals surface area contributed by atoms with Gasteiger partial charge in [-0.05, 0) is 53.6 Å². The summed E-state index contributed by atoms with van der Waals surface area (Å²) >= 11 is 0. The molecule has 0 heterocycles. The van der Waals surface area contributed by atoms with Gasteiger partial charge in [-0.2, -0.15) is 0 Å². The molecule has 0 fully saturated rings. The van der Waals surface area contributed by atoms with Crippen molar-refractivity contribution in [3.8, 4) is 22.3 Å². The van der Waals surface area contributed by atoms with Crippen molar-refractivity contribution in [2.24, 2.45) is 0 Å². The highest BCUT2D eigenvalue weighted by atomic mass is 14.1. The first kappa shape index (κ1) is 14.6. The van der Waals surface area contributed by atoms with Gasteiger partial charge in [0.25, 0.3) is 0 Å². The maximum Gasteiger partial charge on any atom is -0.0154 e. The van der Waals surface area contributed by atoms with E-state index in [1.165, 1.54) is 38.9 Å². The lowest BCUT2D eigenvalue weighted by Crippen LogP contribution is -1.87. The minimum Gasteiger partial charge on any atom is -0.0613 e. The van der Waals surface area contributed by atoms with Crippen molar-refractivity contribution in [3.63, 3.8) is 0 Å². The molecule has 0 saturated carbocycles. The summed E-state index contributed by atoms with van der Waals surface area (Å²) in [7, 11) is 0. The highest BCUT2D eigenvalue weighted by molar-refractivity contribution is 5.73. The van der Waals surface area contributed by atoms with Crippen molar-refractivity contribution in [1.82, 2.24) is 0 Å². The Morgan fingerprint density at radius 1 is 0.636 bits per heavy atom. The van der Waals surface area contributed by atoms with Crippen LogP contribution in [-0.4, -0.2) is 0 Å². The van der Waals surface area contributed by atoms with Gasteiger partial charge in [-0.15, -0.1) is 0 Å². The van der Waals surface area contributed by atoms with Gasteiger partial charge in [0.15, 0.2) is 0 Å². The lowest BCUT2D eigenvalue weighted by Gasteiger charge is -2.10. The van der Waals surface area contributed by atoms with Gasteiger partial charge in [0.1, 0.15) is 0 Å². The molecule has 0 atom stereocenters. The van der Waals surface area contributed by atoms with Crippen LogP contribution in [0, 0.1) is 13.8 Å². The fourth-order valence-corrected chi connectivity index (χ4v) is 2.83. The molecule has 0 aliphatic carbocycles. The predicted molar refractivity (Wildman–Crippen MR) is 96.2 cm³/mol. The summed E-state index contributed by atoms with van der Waals surface area (Å²) < 4.78 is 0. The Bertz CT molecular complexity index is 762. The van der Waals surface area contributed by atoms with Crippen molar-refractivity contribution in [2.45, 2.75) is 27.2 Å². The summed E-state index contributed by atoms with van der Waals surface area (Å²) in [4.78, 5) is 0. The number of aryl methyl sites for hydroxylation is 3. The normalized spacial score (nSPS) is 10.7. The van der Waals surface area contributed by atoms with E-state index >= 15 is 0 Å². The monoisotopic (exact) mass is 286 g/mol. The van der Waals surface area contributed by atoms with Crippen LogP contribution in [0.5, 0.6) is 0 Å². The molecule has 0 heteroatoms. The standard InChI is InChI=1S/C22H22/c1-4-18-7-11-19(12-8-18)21-13-14-22(17(3)15-21)20-9-5-16(2)6-10-20/h5-15H,4H2,1-3H3. The molecule has 110 valence electrons. The summed E-state index contributed by atoms with van der Waals surface area (Å²) in [6, 6.07) is 24.4. The molecule has 0 nitrogen and oxygen atoms in total. The van der Waals surface area contributed by atoms with Crippen LogP contribution in [0.1, 0.15) is 23.6 Å². The van der Waals surface area contributed by atoms with Crippen LogP contribution in [0.3, 0.4) is 0 Å². The van der Waals surface area contributed by atoms with E-state index in [-0.39, 0.29) is 0 Å². The Labute approximate surface area is 133 Å². The molecule has 0 aromatic heterocycles. The first-order chi connectivity index (χ1) is 10.7. The third-order valence-electron chi connectivity index (χ3n) is 4.28. The minimum atomic E-state index is 1.09. The largest absolute Gasteiger partial charge is 0.0613 e. The zero-order chi connectivity index (χ0) is 15.5. The molecule has 3 rings (SSSR count). The van der Waals surface area contributed by atoms with Crippen molar-refractivity contribution >= 4 is 0 Å². The molecule has 0 saturated heterocycles. The molecule has 0 N–H and O–H groups in total. The van der Waals surface area contributed by atoms with Gasteiger partial charge in [0.05, 0.1) is 0 Å². The van der Waals surface area contributed by atoms with Crippen LogP contribution in [0.25, 0.3) is 22.3 Å². The third kappa shape index (κ3) is 2.96. The molecule has 0 aliphatic heterocycles. The van der Waals surface area contributed by atoms with Crippen molar-refractivity contribution in [3.05, 3.63) is 83.4 Å². The summed E-state index contributed by atoms with van der Waals surface area (Å²) in [6.45, 7) is 6.51. The Balaban J connectivity index is 1.96. The Kier molecular flexibility index (Phi) is 4.11. The van der Waals surface area contributed by atoms with E-state index < -0.39 is 0 Å². The Morgan fingerprint density at radius 3 is 1.82 bits per heavy atom. The smallest absolute Gasteiger partial charge is 0.0154 e. The van der Waals surface area contributed by atoms with Gasteiger partial charge in [0.2, 0.25) is 0 Å². The van der Waals surface area contributed by atoms with Crippen molar-refractivity contribution in [1.29, 1.82) is 0 Å². The average molecular weight is 286 g/mol. The van der Waals surface area contributed by atoms with E-state index in [1.807, 2.05) is 0 Å². The molecule has 0 unspecified atom stereocenters. The molecule has 0 radical (unpaired) electrons. The van der Waals surface area contributed by atoms with E-state index in [9.17, 15) is 0 Å². The lowest BCUT2D eigenvalue weighted by atomic mass is 9.95. The van der Waals surface area contributed by atoms with Gasteiger partial charge in [-0.1, -0.05) is 79.2 Å². The molecular formula is C22H22. The third-order valence-corrected chi connectivity index (χ3v) is 4.28. The summed E-state index contributed by atoms with van der Waals surface area (Å²) in [6.07, 6.45) is 1.09. The maximum absolute atomic E-state index is 2.29. The zero-order valence-corrected chi connectivity index (χ0v) is 13.6. The van der Waals surface area contributed by atoms with E-state index in [2.05, 4.69) is 87.5 Å². The first-order valence-electron chi connectivity index (χ1n) is 7.94. The Hall–Kier alpha value is -2.34. The topological polar surface area (TPSA) is 0 Å². The van der Waals surface area contributed by atoms with E-state index in [4.69, 9.17) is 0 Å². The summed E-state index contributed by atoms with van der Waals surface area (Å²) in [5.74, 6) is 0. The highest BCUT2D eigenvalue weighted by Gasteiger charge is 2.04. The molecular weight excluding hydrogens is 264 g/mol. The first-order valence-corrected chi connectivity index (χ1v) is 7.94. The van der Waals surface area contributed by atoms with Crippen LogP contribution in [0.2, 0.25) is 0 Å². The van der Waals surface area contributed by atoms with Crippen molar-refractivity contribution in [2.75, 3.05) is 0 Å². The van der Waals surface area contributed by atoms with Crippen LogP contribution in [-0.2, 0) is 6.42 Å². The number of hydrogen-bond acceptors (Lipinski definition) is 0. The van der Waals surface area contributed by atoms with Crippen LogP contribution in [0.4, 0.5) is 0 Å². The van der Waals surface area contributed by atoms with Gasteiger partial charge >= 0.3 is 0 Å². The second kappa shape index (κ2) is 6.19. The second-order valence-corrected chi connectivity index (χ2v) is 5.95. The number of rotatable bonds is 3. The molecule has 3 aromatic carbocycles. The zero-order valence-electron chi connectivity index (χ0n) is 13.6. The van der Waals surface area contributed by atoms with Crippen LogP contribution < -0.4 is 0 Å². The van der Waals surface area contributed by atoms with E-state index in [0.29, 0.717) is 0 Å². The van der Waals surface area contributed by atoms with Gasteiger partial charge in [-0.25, -0.2) is 0 Å². The highest BCUT2D eigenvalue weighted by Crippen LogP contribution is 2.29. The predicted octanol–water partition coefficient (Wildman–Crippen LogP) is 6.20. The van der Waals surface area contributed by atoms with Crippen molar-refractivity contribution < 1.29 is 0 Å². The molecule has 22 heavy (non-hydrogen) atoms. The number of benzene rings is 3. The fourth-order valence-electron chi connectivity index (χ4n) is 2.83. The maximum atomic E-state index is 2.29. The van der Waals surface area contributed by atoms with E-state index in [1.54, 1.807) is 0 Å². The fraction of sp³-hybridized carbons (Fsp3) is 0.182. The molecule has 0 spiro atoms. The van der Waals surface area contributed by atoms with Crippen LogP contribution in [0.15, 0.2) is 66.7 Å². The Morgan fingerprint density at radius 2 is 1.23 bits per heavy atom. The SMILES string of the molecule is CCc1ccc(-c2ccc(-c3ccc(C)cc3)c(C)c2)cc1. The van der Waals surface area contributed by atoms with E-state index in [0.717, 1.165) is 6.42 Å². The van der Waals surface area contributed by atoms with Crippen LogP contribution >= 0.6 is 0 Å². The molecule has 0 bridgehead atoms. The molecule has 3 aromatic rings.